The van der Waals surface area contributed by atoms with Crippen LogP contribution in [0.5, 0.6) is 0 Å². The smallest absolute Gasteiger partial charge is 0.293 e. The van der Waals surface area contributed by atoms with E-state index in [4.69, 9.17) is 0 Å². The average molecular weight is 493 g/mol. The molecule has 170 valence electrons. The third-order valence-electron chi connectivity index (χ3n) is 4.57. The first kappa shape index (κ1) is 22.9. The van der Waals surface area contributed by atoms with Crippen molar-refractivity contribution in [1.29, 1.82) is 0 Å². The maximum Gasteiger partial charge on any atom is 0.293 e. The second-order valence-corrected chi connectivity index (χ2v) is 8.78. The van der Waals surface area contributed by atoms with E-state index in [9.17, 15) is 27.6 Å². The minimum atomic E-state index is -1.01. The molecule has 1 saturated heterocycles. The van der Waals surface area contributed by atoms with Crippen LogP contribution in [-0.4, -0.2) is 50.8 Å². The molecule has 0 bridgehead atoms. The van der Waals surface area contributed by atoms with E-state index in [-0.39, 0.29) is 40.7 Å². The van der Waals surface area contributed by atoms with Gasteiger partial charge in [-0.25, -0.2) is 18.2 Å². The second kappa shape index (κ2) is 9.71. The van der Waals surface area contributed by atoms with Crippen LogP contribution < -0.4 is 5.32 Å². The van der Waals surface area contributed by atoms with Crippen LogP contribution in [0.1, 0.15) is 5.56 Å². The van der Waals surface area contributed by atoms with Gasteiger partial charge in [0.05, 0.1) is 21.7 Å². The first-order valence-corrected chi connectivity index (χ1v) is 11.4. The number of carbonyl (C=O) groups excluding carboxylic acids is 3. The summed E-state index contributed by atoms with van der Waals surface area (Å²) in [4.78, 5) is 44.6. The van der Waals surface area contributed by atoms with Crippen molar-refractivity contribution in [2.45, 2.75) is 5.16 Å². The van der Waals surface area contributed by atoms with E-state index in [1.807, 2.05) is 0 Å². The Morgan fingerprint density at radius 3 is 2.70 bits per heavy atom. The standard InChI is InChI=1S/C21H15F3N4O3S2/c22-12-4-2-1-3-11(12)7-17-19(30)28(21(31)33-17)6-5-25-18(29)10-32-20-26-15-8-13(23)14(24)9-16(15)27-20/h1-4,7-9H,5-6,10H2,(H,25,29)(H,26,27)/b17-7-. The molecule has 3 aromatic rings. The molecule has 0 spiro atoms. The van der Waals surface area contributed by atoms with E-state index >= 15 is 0 Å². The van der Waals surface area contributed by atoms with Gasteiger partial charge < -0.3 is 10.3 Å². The van der Waals surface area contributed by atoms with Crippen molar-refractivity contribution >= 4 is 57.7 Å². The quantitative estimate of drug-likeness (QED) is 0.384. The zero-order chi connectivity index (χ0) is 23.5. The van der Waals surface area contributed by atoms with Crippen LogP contribution in [0.4, 0.5) is 18.0 Å². The Hall–Kier alpha value is -3.25. The molecule has 0 saturated carbocycles. The molecule has 0 unspecified atom stereocenters. The van der Waals surface area contributed by atoms with Crippen molar-refractivity contribution in [3.8, 4) is 0 Å². The lowest BCUT2D eigenvalue weighted by Crippen LogP contribution is -2.37. The zero-order valence-corrected chi connectivity index (χ0v) is 18.4. The van der Waals surface area contributed by atoms with Gasteiger partial charge in [-0.2, -0.15) is 0 Å². The van der Waals surface area contributed by atoms with Crippen molar-refractivity contribution in [1.82, 2.24) is 20.2 Å². The molecule has 1 fully saturated rings. The molecule has 2 heterocycles. The van der Waals surface area contributed by atoms with Crippen LogP contribution in [0.2, 0.25) is 0 Å². The maximum absolute atomic E-state index is 13.8. The number of carbonyl (C=O) groups is 3. The van der Waals surface area contributed by atoms with Gasteiger partial charge in [-0.05, 0) is 23.9 Å². The largest absolute Gasteiger partial charge is 0.354 e. The molecule has 33 heavy (non-hydrogen) atoms. The van der Waals surface area contributed by atoms with E-state index in [0.29, 0.717) is 22.4 Å². The Labute approximate surface area is 193 Å². The van der Waals surface area contributed by atoms with Gasteiger partial charge in [0.2, 0.25) is 5.91 Å². The van der Waals surface area contributed by atoms with Crippen LogP contribution >= 0.6 is 23.5 Å². The van der Waals surface area contributed by atoms with Crippen LogP contribution in [0.3, 0.4) is 0 Å². The van der Waals surface area contributed by atoms with Crippen molar-refractivity contribution in [2.24, 2.45) is 0 Å². The Morgan fingerprint density at radius 2 is 1.91 bits per heavy atom. The van der Waals surface area contributed by atoms with Gasteiger partial charge in [0, 0.05) is 30.8 Å². The minimum absolute atomic E-state index is 0.0287. The van der Waals surface area contributed by atoms with Gasteiger partial charge >= 0.3 is 0 Å². The van der Waals surface area contributed by atoms with Crippen molar-refractivity contribution in [3.05, 3.63) is 64.3 Å². The second-order valence-electron chi connectivity index (χ2n) is 6.82. The van der Waals surface area contributed by atoms with Gasteiger partial charge in [0.15, 0.2) is 16.8 Å². The fourth-order valence-corrected chi connectivity index (χ4v) is 4.54. The van der Waals surface area contributed by atoms with Gasteiger partial charge in [-0.3, -0.25) is 19.3 Å². The normalized spacial score (nSPS) is 15.1. The monoisotopic (exact) mass is 492 g/mol. The number of aromatic nitrogens is 2. The molecular weight excluding hydrogens is 477 g/mol. The number of nitrogens with zero attached hydrogens (tertiary/aromatic N) is 2. The SMILES string of the molecule is O=C(CSc1nc2cc(F)c(F)cc2[nH]1)NCCN1C(=O)S/C(=C\c2ccccc2F)C1=O. The number of hydrogen-bond acceptors (Lipinski definition) is 6. The highest BCUT2D eigenvalue weighted by molar-refractivity contribution is 8.18. The van der Waals surface area contributed by atoms with Crippen molar-refractivity contribution in [2.75, 3.05) is 18.8 Å². The summed E-state index contributed by atoms with van der Waals surface area (Å²) in [7, 11) is 0. The molecule has 1 aromatic heterocycles. The summed E-state index contributed by atoms with van der Waals surface area (Å²) in [6.07, 6.45) is 1.32. The van der Waals surface area contributed by atoms with Gasteiger partial charge in [0.25, 0.3) is 11.1 Å². The zero-order valence-electron chi connectivity index (χ0n) is 16.7. The molecule has 3 amide bonds. The summed E-state index contributed by atoms with van der Waals surface area (Å²) in [6.45, 7) is -0.0140. The summed E-state index contributed by atoms with van der Waals surface area (Å²) in [5, 5.41) is 2.40. The van der Waals surface area contributed by atoms with Crippen LogP contribution in [0, 0.1) is 17.5 Å². The van der Waals surface area contributed by atoms with Crippen LogP contribution in [0.15, 0.2) is 46.5 Å². The molecule has 7 nitrogen and oxygen atoms in total. The number of amides is 3. The molecule has 0 radical (unpaired) electrons. The lowest BCUT2D eigenvalue weighted by molar-refractivity contribution is -0.123. The fraction of sp³-hybridized carbons (Fsp3) is 0.143. The molecule has 0 aliphatic carbocycles. The van der Waals surface area contributed by atoms with Gasteiger partial charge in [0.1, 0.15) is 5.82 Å². The maximum atomic E-state index is 13.8. The third-order valence-corrected chi connectivity index (χ3v) is 6.35. The molecule has 4 rings (SSSR count). The van der Waals surface area contributed by atoms with E-state index in [2.05, 4.69) is 15.3 Å². The summed E-state index contributed by atoms with van der Waals surface area (Å²) in [5.74, 6) is -3.50. The van der Waals surface area contributed by atoms with Crippen molar-refractivity contribution < 1.29 is 27.6 Å². The summed E-state index contributed by atoms with van der Waals surface area (Å²) < 4.78 is 40.3. The van der Waals surface area contributed by atoms with Crippen LogP contribution in [0.25, 0.3) is 17.1 Å². The number of hydrogen-bond donors (Lipinski definition) is 2. The number of H-pyrrole nitrogens is 1. The van der Waals surface area contributed by atoms with E-state index in [1.54, 1.807) is 6.07 Å². The number of aromatic amines is 1. The van der Waals surface area contributed by atoms with Gasteiger partial charge in [-0.1, -0.05) is 30.0 Å². The summed E-state index contributed by atoms with van der Waals surface area (Å²) in [5.41, 5.74) is 0.739. The van der Waals surface area contributed by atoms with Gasteiger partial charge in [-0.15, -0.1) is 0 Å². The molecule has 2 aromatic carbocycles. The first-order chi connectivity index (χ1) is 15.8. The number of benzene rings is 2. The highest BCUT2D eigenvalue weighted by Gasteiger charge is 2.34. The third kappa shape index (κ3) is 5.22. The minimum Gasteiger partial charge on any atom is -0.354 e. The average Bonchev–Trinajstić information content (AvgIpc) is 3.28. The molecule has 1 aliphatic rings. The summed E-state index contributed by atoms with van der Waals surface area (Å²) >= 11 is 1.74. The molecule has 1 aliphatic heterocycles. The Kier molecular flexibility index (Phi) is 6.75. The van der Waals surface area contributed by atoms with E-state index in [1.165, 1.54) is 24.3 Å². The fourth-order valence-electron chi connectivity index (χ4n) is 2.97. The van der Waals surface area contributed by atoms with E-state index in [0.717, 1.165) is 28.8 Å². The first-order valence-electron chi connectivity index (χ1n) is 9.56. The predicted octanol–water partition coefficient (Wildman–Crippen LogP) is 3.93. The number of halogens is 3. The number of imidazole rings is 1. The molecular formula is C21H15F3N4O3S2. The highest BCUT2D eigenvalue weighted by Crippen LogP contribution is 2.32. The van der Waals surface area contributed by atoms with E-state index < -0.39 is 28.6 Å². The number of nitrogens with one attached hydrogen (secondary N) is 2. The molecule has 2 N–H and O–H groups in total. The summed E-state index contributed by atoms with van der Waals surface area (Å²) in [6, 6.07) is 7.84. The Morgan fingerprint density at radius 1 is 1.15 bits per heavy atom. The Bertz CT molecular complexity index is 1260. The topological polar surface area (TPSA) is 95.2 Å². The van der Waals surface area contributed by atoms with Crippen molar-refractivity contribution in [3.63, 3.8) is 0 Å². The van der Waals surface area contributed by atoms with Crippen LogP contribution in [-0.2, 0) is 9.59 Å². The number of thioether (sulfide) groups is 2. The molecule has 12 heteroatoms. The predicted molar refractivity (Wildman–Crippen MR) is 119 cm³/mol. The number of rotatable bonds is 7. The highest BCUT2D eigenvalue weighted by atomic mass is 32.2. The Balaban J connectivity index is 1.27. The molecule has 0 atom stereocenters. The number of fused-ring (bicyclic) bond motifs is 1. The number of imide groups is 1. The lowest BCUT2D eigenvalue weighted by Gasteiger charge is -2.12. The lowest BCUT2D eigenvalue weighted by atomic mass is 10.2.